The molecule has 0 bridgehead atoms. The Hall–Kier alpha value is -1.00. The van der Waals surface area contributed by atoms with E-state index in [4.69, 9.17) is 0 Å². The van der Waals surface area contributed by atoms with Crippen molar-refractivity contribution in [2.45, 2.75) is 45.8 Å². The zero-order valence-corrected chi connectivity index (χ0v) is 11.6. The van der Waals surface area contributed by atoms with Gasteiger partial charge in [0.15, 0.2) is 0 Å². The number of aromatic nitrogens is 2. The van der Waals surface area contributed by atoms with Crippen molar-refractivity contribution in [2.75, 3.05) is 13.1 Å². The average Bonchev–Trinajstić information content (AvgIpc) is 2.39. The summed E-state index contributed by atoms with van der Waals surface area (Å²) in [6.07, 6.45) is 2.91. The minimum atomic E-state index is 0.592. The molecule has 1 fully saturated rings. The lowest BCUT2D eigenvalue weighted by molar-refractivity contribution is 0.0885. The van der Waals surface area contributed by atoms with Crippen molar-refractivity contribution < 1.29 is 0 Å². The molecule has 1 aromatic heterocycles. The van der Waals surface area contributed by atoms with Crippen LogP contribution < -0.4 is 5.32 Å². The zero-order chi connectivity index (χ0) is 13.0. The summed E-state index contributed by atoms with van der Waals surface area (Å²) < 4.78 is 0. The lowest BCUT2D eigenvalue weighted by Crippen LogP contribution is -2.57. The van der Waals surface area contributed by atoms with Gasteiger partial charge in [0.05, 0.1) is 5.69 Å². The van der Waals surface area contributed by atoms with E-state index in [9.17, 15) is 0 Å². The van der Waals surface area contributed by atoms with Crippen LogP contribution in [0.3, 0.4) is 0 Å². The van der Waals surface area contributed by atoms with Gasteiger partial charge >= 0.3 is 0 Å². The van der Waals surface area contributed by atoms with Crippen LogP contribution in [0.4, 0.5) is 0 Å². The van der Waals surface area contributed by atoms with Crippen LogP contribution in [0.5, 0.6) is 0 Å². The van der Waals surface area contributed by atoms with E-state index in [1.54, 1.807) is 6.20 Å². The fourth-order valence-corrected chi connectivity index (χ4v) is 2.64. The van der Waals surface area contributed by atoms with Gasteiger partial charge in [-0.05, 0) is 24.5 Å². The largest absolute Gasteiger partial charge is 0.311 e. The molecule has 0 aliphatic carbocycles. The second-order valence-corrected chi connectivity index (χ2v) is 5.47. The summed E-state index contributed by atoms with van der Waals surface area (Å²) in [5.41, 5.74) is 1.07. The van der Waals surface area contributed by atoms with E-state index >= 15 is 0 Å². The Morgan fingerprint density at radius 3 is 2.94 bits per heavy atom. The molecule has 0 saturated carbocycles. The topological polar surface area (TPSA) is 41.1 Å². The maximum atomic E-state index is 4.21. The van der Waals surface area contributed by atoms with Crippen molar-refractivity contribution in [3.63, 3.8) is 0 Å². The molecule has 1 aliphatic rings. The normalized spacial score (nSPS) is 25.6. The predicted molar refractivity (Wildman–Crippen MR) is 73.1 cm³/mol. The van der Waals surface area contributed by atoms with E-state index in [1.807, 2.05) is 6.07 Å². The molecule has 0 spiro atoms. The molecule has 1 saturated heterocycles. The van der Waals surface area contributed by atoms with Gasteiger partial charge in [-0.3, -0.25) is 4.90 Å². The Kier molecular flexibility index (Phi) is 4.66. The molecule has 1 aliphatic heterocycles. The Labute approximate surface area is 110 Å². The number of nitrogens with one attached hydrogen (secondary N) is 1. The second-order valence-electron chi connectivity index (χ2n) is 5.47. The highest BCUT2D eigenvalue weighted by atomic mass is 15.2. The smallest absolute Gasteiger partial charge is 0.0771 e. The first-order valence-corrected chi connectivity index (χ1v) is 6.94. The second kappa shape index (κ2) is 6.25. The summed E-state index contributed by atoms with van der Waals surface area (Å²) in [7, 11) is 0. The molecule has 2 unspecified atom stereocenters. The SMILES string of the molecule is CCC1CN(Cc2cccnn2)C(C(C)C)CN1. The first-order valence-electron chi connectivity index (χ1n) is 6.94. The molecule has 4 nitrogen and oxygen atoms in total. The molecule has 2 heterocycles. The summed E-state index contributed by atoms with van der Waals surface area (Å²) in [4.78, 5) is 2.55. The highest BCUT2D eigenvalue weighted by molar-refractivity contribution is 5.01. The van der Waals surface area contributed by atoms with Crippen LogP contribution in [0, 0.1) is 5.92 Å². The molecule has 1 aromatic rings. The summed E-state index contributed by atoms with van der Waals surface area (Å²) in [5.74, 6) is 0.659. The van der Waals surface area contributed by atoms with Crippen molar-refractivity contribution in [2.24, 2.45) is 5.92 Å². The molecule has 0 aromatic carbocycles. The Morgan fingerprint density at radius 1 is 1.50 bits per heavy atom. The van der Waals surface area contributed by atoms with Crippen molar-refractivity contribution in [1.82, 2.24) is 20.4 Å². The zero-order valence-electron chi connectivity index (χ0n) is 11.6. The maximum Gasteiger partial charge on any atom is 0.0771 e. The Morgan fingerprint density at radius 2 is 2.33 bits per heavy atom. The molecular weight excluding hydrogens is 224 g/mol. The standard InChI is InChI=1S/C14H24N4/c1-4-12-9-18(14(8-15-12)11(2)3)10-13-6-5-7-16-17-13/h5-7,11-12,14-15H,4,8-10H2,1-3H3. The van der Waals surface area contributed by atoms with Gasteiger partial charge in [0.25, 0.3) is 0 Å². The van der Waals surface area contributed by atoms with Gasteiger partial charge in [-0.25, -0.2) is 0 Å². The van der Waals surface area contributed by atoms with E-state index < -0.39 is 0 Å². The molecule has 18 heavy (non-hydrogen) atoms. The summed E-state index contributed by atoms with van der Waals surface area (Å²) in [6, 6.07) is 5.23. The third kappa shape index (κ3) is 3.27. The van der Waals surface area contributed by atoms with Gasteiger partial charge in [-0.15, -0.1) is 0 Å². The Bertz CT molecular complexity index is 352. The molecule has 2 rings (SSSR count). The number of piperazine rings is 1. The number of hydrogen-bond acceptors (Lipinski definition) is 4. The molecule has 0 amide bonds. The molecule has 4 heteroatoms. The summed E-state index contributed by atoms with van der Waals surface area (Å²) in [6.45, 7) is 9.93. The first-order chi connectivity index (χ1) is 8.70. The van der Waals surface area contributed by atoms with Gasteiger partial charge in [0, 0.05) is 37.9 Å². The third-order valence-electron chi connectivity index (χ3n) is 3.79. The van der Waals surface area contributed by atoms with Gasteiger partial charge in [0.1, 0.15) is 0 Å². The summed E-state index contributed by atoms with van der Waals surface area (Å²) in [5, 5.41) is 11.8. The quantitative estimate of drug-likeness (QED) is 0.880. The fraction of sp³-hybridized carbons (Fsp3) is 0.714. The van der Waals surface area contributed by atoms with E-state index in [0.717, 1.165) is 25.3 Å². The van der Waals surface area contributed by atoms with Crippen LogP contribution in [0.2, 0.25) is 0 Å². The monoisotopic (exact) mass is 248 g/mol. The maximum absolute atomic E-state index is 4.21. The minimum Gasteiger partial charge on any atom is -0.311 e. The summed E-state index contributed by atoms with van der Waals surface area (Å²) >= 11 is 0. The van der Waals surface area contributed by atoms with Gasteiger partial charge in [-0.1, -0.05) is 20.8 Å². The van der Waals surface area contributed by atoms with Crippen molar-refractivity contribution in [1.29, 1.82) is 0 Å². The highest BCUT2D eigenvalue weighted by Gasteiger charge is 2.29. The van der Waals surface area contributed by atoms with Gasteiger partial charge in [0.2, 0.25) is 0 Å². The van der Waals surface area contributed by atoms with Crippen molar-refractivity contribution in [3.8, 4) is 0 Å². The molecular formula is C14H24N4. The van der Waals surface area contributed by atoms with Crippen LogP contribution in [0.15, 0.2) is 18.3 Å². The van der Waals surface area contributed by atoms with E-state index in [1.165, 1.54) is 6.42 Å². The lowest BCUT2D eigenvalue weighted by atomic mass is 9.97. The highest BCUT2D eigenvalue weighted by Crippen LogP contribution is 2.18. The number of nitrogens with zero attached hydrogens (tertiary/aromatic N) is 3. The number of hydrogen-bond donors (Lipinski definition) is 1. The first kappa shape index (κ1) is 13.4. The van der Waals surface area contributed by atoms with E-state index in [-0.39, 0.29) is 0 Å². The van der Waals surface area contributed by atoms with Crippen LogP contribution in [0.25, 0.3) is 0 Å². The van der Waals surface area contributed by atoms with Crippen LogP contribution in [-0.4, -0.2) is 40.3 Å². The number of rotatable bonds is 4. The average molecular weight is 248 g/mol. The lowest BCUT2D eigenvalue weighted by Gasteiger charge is -2.42. The van der Waals surface area contributed by atoms with Crippen LogP contribution in [-0.2, 0) is 6.54 Å². The predicted octanol–water partition coefficient (Wildman–Crippen LogP) is 1.68. The van der Waals surface area contributed by atoms with Gasteiger partial charge < -0.3 is 5.32 Å². The molecule has 0 radical (unpaired) electrons. The van der Waals surface area contributed by atoms with Crippen LogP contribution >= 0.6 is 0 Å². The third-order valence-corrected chi connectivity index (χ3v) is 3.79. The molecule has 100 valence electrons. The van der Waals surface area contributed by atoms with Crippen molar-refractivity contribution in [3.05, 3.63) is 24.0 Å². The molecule has 2 atom stereocenters. The van der Waals surface area contributed by atoms with E-state index in [0.29, 0.717) is 18.0 Å². The fourth-order valence-electron chi connectivity index (χ4n) is 2.64. The molecule has 1 N–H and O–H groups in total. The minimum absolute atomic E-state index is 0.592. The van der Waals surface area contributed by atoms with Crippen molar-refractivity contribution >= 4 is 0 Å². The van der Waals surface area contributed by atoms with Crippen LogP contribution in [0.1, 0.15) is 32.9 Å². The van der Waals surface area contributed by atoms with Gasteiger partial charge in [-0.2, -0.15) is 10.2 Å². The Balaban J connectivity index is 2.05. The van der Waals surface area contributed by atoms with E-state index in [2.05, 4.69) is 47.3 Å².